The Bertz CT molecular complexity index is 744. The molecule has 21 heavy (non-hydrogen) atoms. The van der Waals surface area contributed by atoms with Crippen LogP contribution in [0.4, 0.5) is 11.4 Å². The van der Waals surface area contributed by atoms with Crippen molar-refractivity contribution in [1.82, 2.24) is 0 Å². The number of benzene rings is 2. The fourth-order valence-corrected chi connectivity index (χ4v) is 2.19. The summed E-state index contributed by atoms with van der Waals surface area (Å²) in [6.07, 6.45) is 0.402. The molecule has 2 aromatic carbocycles. The average molecular weight is 300 g/mol. The minimum absolute atomic E-state index is 0.00584. The van der Waals surface area contributed by atoms with Crippen LogP contribution in [-0.4, -0.2) is 12.1 Å². The number of aldehydes is 1. The van der Waals surface area contributed by atoms with E-state index in [0.29, 0.717) is 6.29 Å². The first-order valence-electron chi connectivity index (χ1n) is 5.75. The number of nitrogens with zero attached hydrogens (tertiary/aromatic N) is 2. The van der Waals surface area contributed by atoms with Crippen LogP contribution in [0, 0.1) is 9.81 Å². The maximum absolute atomic E-state index is 12.5. The van der Waals surface area contributed by atoms with E-state index in [2.05, 4.69) is 23.0 Å². The summed E-state index contributed by atoms with van der Waals surface area (Å²) in [5.74, 6) is -0.592. The fourth-order valence-electron chi connectivity index (χ4n) is 1.91. The van der Waals surface area contributed by atoms with Gasteiger partial charge in [0.2, 0.25) is 0 Å². The minimum Gasteiger partial charge on any atom is -0.298 e. The highest BCUT2D eigenvalue weighted by molar-refractivity contribution is 7.80. The zero-order valence-corrected chi connectivity index (χ0v) is 11.4. The van der Waals surface area contributed by atoms with E-state index in [1.165, 1.54) is 18.2 Å². The van der Waals surface area contributed by atoms with Gasteiger partial charge in [-0.2, -0.15) is 0 Å². The largest absolute Gasteiger partial charge is 0.298 e. The van der Waals surface area contributed by atoms with Crippen LogP contribution in [0.1, 0.15) is 26.3 Å². The summed E-state index contributed by atoms with van der Waals surface area (Å²) >= 11 is 3.97. The maximum Gasteiger partial charge on any atom is 0.196 e. The molecular weight excluding hydrogens is 292 g/mol. The molecule has 7 heteroatoms. The quantitative estimate of drug-likeness (QED) is 0.393. The number of hydrogen-bond acceptors (Lipinski definition) is 7. The first-order valence-corrected chi connectivity index (χ1v) is 6.20. The Morgan fingerprint density at radius 2 is 1.67 bits per heavy atom. The number of nitroso groups, excluding NO2 is 2. The van der Waals surface area contributed by atoms with Crippen LogP contribution in [0.2, 0.25) is 0 Å². The molecule has 0 radical (unpaired) electrons. The zero-order valence-electron chi connectivity index (χ0n) is 10.5. The number of thiol groups is 1. The average Bonchev–Trinajstić information content (AvgIpc) is 2.53. The molecule has 0 bridgehead atoms. The molecule has 0 aromatic heterocycles. The van der Waals surface area contributed by atoms with Crippen molar-refractivity contribution in [2.75, 3.05) is 0 Å². The molecule has 0 N–H and O–H groups in total. The van der Waals surface area contributed by atoms with E-state index in [1.54, 1.807) is 18.2 Å². The van der Waals surface area contributed by atoms with E-state index >= 15 is 0 Å². The molecule has 6 nitrogen and oxygen atoms in total. The van der Waals surface area contributed by atoms with Crippen LogP contribution in [-0.2, 0) is 0 Å². The highest BCUT2D eigenvalue weighted by atomic mass is 32.1. The van der Waals surface area contributed by atoms with Gasteiger partial charge in [-0.15, -0.1) is 22.4 Å². The molecule has 0 amide bonds. The lowest BCUT2D eigenvalue weighted by molar-refractivity contribution is 0.103. The van der Waals surface area contributed by atoms with Crippen molar-refractivity contribution in [2.45, 2.75) is 4.90 Å². The molecule has 2 rings (SSSR count). The highest BCUT2D eigenvalue weighted by Crippen LogP contribution is 2.40. The summed E-state index contributed by atoms with van der Waals surface area (Å²) in [4.78, 5) is 45.4. The number of rotatable bonds is 5. The SMILES string of the molecule is O=Cc1cc(S)c(N=O)c(N=O)c1C(=O)c1ccccc1. The Labute approximate surface area is 124 Å². The van der Waals surface area contributed by atoms with Gasteiger partial charge < -0.3 is 0 Å². The smallest absolute Gasteiger partial charge is 0.196 e. The number of carbonyl (C=O) groups is 2. The third-order valence-electron chi connectivity index (χ3n) is 2.86. The summed E-state index contributed by atoms with van der Waals surface area (Å²) in [5, 5.41) is 5.35. The topological polar surface area (TPSA) is 93.0 Å². The fraction of sp³-hybridized carbons (Fsp3) is 0. The molecule has 0 aliphatic carbocycles. The van der Waals surface area contributed by atoms with Crippen molar-refractivity contribution < 1.29 is 9.59 Å². The van der Waals surface area contributed by atoms with Crippen LogP contribution >= 0.6 is 12.6 Å². The molecule has 0 atom stereocenters. The highest BCUT2D eigenvalue weighted by Gasteiger charge is 2.24. The summed E-state index contributed by atoms with van der Waals surface area (Å²) in [5.41, 5.74) is -0.907. The lowest BCUT2D eigenvalue weighted by atomic mass is 9.96. The normalized spacial score (nSPS) is 9.95. The van der Waals surface area contributed by atoms with Crippen molar-refractivity contribution in [3.63, 3.8) is 0 Å². The van der Waals surface area contributed by atoms with Crippen LogP contribution < -0.4 is 0 Å². The number of ketones is 1. The summed E-state index contributed by atoms with van der Waals surface area (Å²) in [6, 6.07) is 9.23. The van der Waals surface area contributed by atoms with Gasteiger partial charge in [0.15, 0.2) is 17.8 Å². The van der Waals surface area contributed by atoms with Crippen molar-refractivity contribution in [3.05, 3.63) is 62.9 Å². The van der Waals surface area contributed by atoms with Gasteiger partial charge in [0, 0.05) is 16.0 Å². The molecule has 0 aliphatic rings. The molecular formula is C14H8N2O4S. The van der Waals surface area contributed by atoms with Crippen molar-refractivity contribution in [1.29, 1.82) is 0 Å². The van der Waals surface area contributed by atoms with E-state index in [-0.39, 0.29) is 27.3 Å². The maximum atomic E-state index is 12.5. The van der Waals surface area contributed by atoms with Gasteiger partial charge in [-0.25, -0.2) is 0 Å². The van der Waals surface area contributed by atoms with Gasteiger partial charge in [0.05, 0.1) is 5.56 Å². The van der Waals surface area contributed by atoms with Gasteiger partial charge in [-0.3, -0.25) is 9.59 Å². The third kappa shape index (κ3) is 2.63. The monoisotopic (exact) mass is 300 g/mol. The molecule has 0 saturated carbocycles. The van der Waals surface area contributed by atoms with Crippen LogP contribution in [0.25, 0.3) is 0 Å². The Morgan fingerprint density at radius 1 is 1.05 bits per heavy atom. The zero-order chi connectivity index (χ0) is 15.4. The van der Waals surface area contributed by atoms with E-state index in [1.807, 2.05) is 0 Å². The first kappa shape index (κ1) is 14.7. The first-order chi connectivity index (χ1) is 10.1. The molecule has 0 saturated heterocycles. The summed E-state index contributed by atoms with van der Waals surface area (Å²) in [6.45, 7) is 0. The lowest BCUT2D eigenvalue weighted by Gasteiger charge is -2.09. The minimum atomic E-state index is -0.592. The van der Waals surface area contributed by atoms with E-state index in [4.69, 9.17) is 0 Å². The van der Waals surface area contributed by atoms with Gasteiger partial charge in [-0.05, 0) is 16.4 Å². The summed E-state index contributed by atoms with van der Waals surface area (Å²) < 4.78 is 0. The van der Waals surface area contributed by atoms with Crippen LogP contribution in [0.15, 0.2) is 51.6 Å². The second kappa shape index (κ2) is 6.19. The molecule has 2 aromatic rings. The van der Waals surface area contributed by atoms with E-state index in [0.717, 1.165) is 0 Å². The standard InChI is InChI=1S/C14H8N2O4S/c17-7-9-6-10(21)12(15-19)13(16-20)11(9)14(18)8-4-2-1-3-5-8/h1-7,21H. The molecule has 0 aliphatic heterocycles. The van der Waals surface area contributed by atoms with Gasteiger partial charge in [0.25, 0.3) is 0 Å². The molecule has 0 spiro atoms. The summed E-state index contributed by atoms with van der Waals surface area (Å²) in [7, 11) is 0. The Hall–Kier alpha value is -2.67. The van der Waals surface area contributed by atoms with Crippen LogP contribution in [0.3, 0.4) is 0 Å². The van der Waals surface area contributed by atoms with Gasteiger partial charge in [0.1, 0.15) is 5.69 Å². The Kier molecular flexibility index (Phi) is 4.34. The number of hydrogen-bond donors (Lipinski definition) is 1. The van der Waals surface area contributed by atoms with Crippen LogP contribution in [0.5, 0.6) is 0 Å². The number of carbonyl (C=O) groups excluding carboxylic acids is 2. The second-order valence-corrected chi connectivity index (χ2v) is 4.53. The molecule has 0 fully saturated rings. The van der Waals surface area contributed by atoms with E-state index < -0.39 is 11.5 Å². The Balaban J connectivity index is 2.78. The van der Waals surface area contributed by atoms with E-state index in [9.17, 15) is 19.4 Å². The predicted molar refractivity (Wildman–Crippen MR) is 79.9 cm³/mol. The Morgan fingerprint density at radius 3 is 2.19 bits per heavy atom. The third-order valence-corrected chi connectivity index (χ3v) is 3.20. The lowest BCUT2D eigenvalue weighted by Crippen LogP contribution is -2.06. The van der Waals surface area contributed by atoms with Gasteiger partial charge in [-0.1, -0.05) is 30.3 Å². The van der Waals surface area contributed by atoms with Crippen molar-refractivity contribution in [2.24, 2.45) is 10.4 Å². The predicted octanol–water partition coefficient (Wildman–Crippen LogP) is 3.81. The van der Waals surface area contributed by atoms with Gasteiger partial charge >= 0.3 is 0 Å². The second-order valence-electron chi connectivity index (χ2n) is 4.05. The molecule has 0 unspecified atom stereocenters. The van der Waals surface area contributed by atoms with Crippen molar-refractivity contribution in [3.8, 4) is 0 Å². The molecule has 104 valence electrons. The van der Waals surface area contributed by atoms with Crippen molar-refractivity contribution >= 4 is 36.1 Å². The molecule has 0 heterocycles.